The number of amidine groups is 2. The zero-order valence-corrected chi connectivity index (χ0v) is 26.6. The number of fused-ring (bicyclic) bond motifs is 3. The normalized spacial score (nSPS) is 11.8. The van der Waals surface area contributed by atoms with Gasteiger partial charge in [0, 0.05) is 28.1 Å². The van der Waals surface area contributed by atoms with Crippen molar-refractivity contribution in [3.8, 4) is 33.4 Å². The number of aliphatic imine (C=N–C) groups is 2. The molecule has 0 aliphatic rings. The fraction of sp³-hybridized carbons (Fsp3) is 0. The van der Waals surface area contributed by atoms with Gasteiger partial charge in [-0.05, 0) is 81.4 Å². The van der Waals surface area contributed by atoms with Gasteiger partial charge in [0.1, 0.15) is 11.2 Å². The summed E-state index contributed by atoms with van der Waals surface area (Å²) in [5.74, 6) is 0.628. The number of benzene rings is 7. The number of hydrogen-bond donors (Lipinski definition) is 1. The molecule has 1 heterocycles. The van der Waals surface area contributed by atoms with E-state index in [0.717, 1.165) is 60.9 Å². The van der Waals surface area contributed by atoms with Crippen LogP contribution >= 0.6 is 0 Å². The van der Waals surface area contributed by atoms with Crippen molar-refractivity contribution in [2.24, 2.45) is 9.98 Å². The molecule has 7 aromatic carbocycles. The van der Waals surface area contributed by atoms with Crippen LogP contribution in [0.5, 0.6) is 0 Å². The van der Waals surface area contributed by atoms with Gasteiger partial charge in [-0.1, -0.05) is 133 Å². The summed E-state index contributed by atoms with van der Waals surface area (Å²) in [5, 5.41) is 10.7. The molecule has 0 atom stereocenters. The lowest BCUT2D eigenvalue weighted by Crippen LogP contribution is -2.04. The van der Waals surface area contributed by atoms with Gasteiger partial charge in [0.25, 0.3) is 0 Å². The minimum absolute atomic E-state index is 0.158. The summed E-state index contributed by atoms with van der Waals surface area (Å²) in [6.45, 7) is 0. The van der Waals surface area contributed by atoms with Crippen LogP contribution in [0.2, 0.25) is 0 Å². The van der Waals surface area contributed by atoms with Crippen molar-refractivity contribution in [1.29, 1.82) is 5.41 Å². The minimum atomic E-state index is 0.158. The van der Waals surface area contributed by atoms with Gasteiger partial charge in [0.2, 0.25) is 0 Å². The van der Waals surface area contributed by atoms with Crippen LogP contribution in [0.3, 0.4) is 0 Å². The molecule has 0 saturated carbocycles. The lowest BCUT2D eigenvalue weighted by atomic mass is 9.91. The molecule has 0 aliphatic heterocycles. The SMILES string of the molecule is N=C(/N=C(\N=C\c1ccc2oc3cccc(-c4cc(-c5ccccc5)cc(-c5ccccc5)c4)c3c2c1)c1ccccc1)c1ccccc1. The van der Waals surface area contributed by atoms with Crippen molar-refractivity contribution in [1.82, 2.24) is 0 Å². The van der Waals surface area contributed by atoms with Gasteiger partial charge >= 0.3 is 0 Å². The molecule has 0 unspecified atom stereocenters. The maximum atomic E-state index is 8.64. The highest BCUT2D eigenvalue weighted by molar-refractivity contribution is 6.16. The molecule has 232 valence electrons. The van der Waals surface area contributed by atoms with E-state index in [-0.39, 0.29) is 5.84 Å². The molecule has 1 N–H and O–H groups in total. The Morgan fingerprint density at radius 3 is 1.69 bits per heavy atom. The van der Waals surface area contributed by atoms with Crippen LogP contribution < -0.4 is 0 Å². The van der Waals surface area contributed by atoms with Crippen LogP contribution in [0.25, 0.3) is 55.3 Å². The van der Waals surface area contributed by atoms with Gasteiger partial charge in [-0.25, -0.2) is 9.98 Å². The fourth-order valence-electron chi connectivity index (χ4n) is 6.20. The molecule has 0 aliphatic carbocycles. The molecule has 49 heavy (non-hydrogen) atoms. The molecule has 0 radical (unpaired) electrons. The Hall–Kier alpha value is -6.65. The first-order valence-corrected chi connectivity index (χ1v) is 16.2. The molecule has 4 nitrogen and oxygen atoms in total. The third-order valence-corrected chi connectivity index (χ3v) is 8.61. The number of rotatable bonds is 6. The number of nitrogens with zero attached hydrogens (tertiary/aromatic N) is 2. The van der Waals surface area contributed by atoms with Crippen LogP contribution in [-0.2, 0) is 0 Å². The van der Waals surface area contributed by atoms with E-state index in [2.05, 4.69) is 89.9 Å². The van der Waals surface area contributed by atoms with Gasteiger partial charge in [0.05, 0.1) is 0 Å². The zero-order valence-electron chi connectivity index (χ0n) is 26.6. The molecule has 8 rings (SSSR count). The second kappa shape index (κ2) is 13.2. The maximum Gasteiger partial charge on any atom is 0.161 e. The Morgan fingerprint density at radius 2 is 1.06 bits per heavy atom. The Morgan fingerprint density at radius 1 is 0.490 bits per heavy atom. The second-order valence-electron chi connectivity index (χ2n) is 11.8. The Kier molecular flexibility index (Phi) is 8.02. The molecular formula is C45H31N3O. The van der Waals surface area contributed by atoms with Crippen molar-refractivity contribution in [2.75, 3.05) is 0 Å². The Balaban J connectivity index is 1.24. The van der Waals surface area contributed by atoms with Crippen molar-refractivity contribution in [3.05, 3.63) is 193 Å². The van der Waals surface area contributed by atoms with Gasteiger partial charge in [-0.2, -0.15) is 0 Å². The van der Waals surface area contributed by atoms with E-state index in [1.54, 1.807) is 0 Å². The quantitative estimate of drug-likeness (QED) is 0.144. The fourth-order valence-corrected chi connectivity index (χ4v) is 6.20. The van der Waals surface area contributed by atoms with Gasteiger partial charge < -0.3 is 4.42 Å². The first kappa shape index (κ1) is 29.7. The zero-order chi connectivity index (χ0) is 33.0. The number of furan rings is 1. The predicted octanol–water partition coefficient (Wildman–Crippen LogP) is 11.5. The van der Waals surface area contributed by atoms with Crippen LogP contribution in [0.4, 0.5) is 0 Å². The monoisotopic (exact) mass is 629 g/mol. The highest BCUT2D eigenvalue weighted by atomic mass is 16.3. The molecule has 1 aromatic heterocycles. The molecule has 0 fully saturated rings. The summed E-state index contributed by atoms with van der Waals surface area (Å²) < 4.78 is 6.40. The topological polar surface area (TPSA) is 61.7 Å². The lowest BCUT2D eigenvalue weighted by molar-refractivity contribution is 0.669. The van der Waals surface area contributed by atoms with E-state index in [1.165, 1.54) is 11.1 Å². The molecular weight excluding hydrogens is 599 g/mol. The van der Waals surface area contributed by atoms with E-state index in [9.17, 15) is 0 Å². The van der Waals surface area contributed by atoms with Crippen molar-refractivity contribution in [2.45, 2.75) is 0 Å². The lowest BCUT2D eigenvalue weighted by Gasteiger charge is -2.12. The molecule has 4 heteroatoms. The highest BCUT2D eigenvalue weighted by Crippen LogP contribution is 2.40. The van der Waals surface area contributed by atoms with Crippen LogP contribution in [0.1, 0.15) is 16.7 Å². The summed E-state index contributed by atoms with van der Waals surface area (Å²) >= 11 is 0. The number of hydrogen-bond acceptors (Lipinski definition) is 2. The average Bonchev–Trinajstić information content (AvgIpc) is 3.56. The largest absolute Gasteiger partial charge is 0.456 e. The maximum absolute atomic E-state index is 8.64. The standard InChI is InChI=1S/C45H31N3O/c46-44(34-18-9-3-10-19-34)48-45(35-20-11-4-12-21-35)47-30-31-24-25-41-40(26-31)43-39(22-13-23-42(43)49-41)38-28-36(32-14-5-1-6-15-32)27-37(29-38)33-16-7-2-8-17-33/h1-30,46H/b46-44?,47-30+,48-45-. The summed E-state index contributed by atoms with van der Waals surface area (Å²) in [5.41, 5.74) is 11.0. The van der Waals surface area contributed by atoms with Gasteiger partial charge in [-0.3, -0.25) is 5.41 Å². The smallest absolute Gasteiger partial charge is 0.161 e. The van der Waals surface area contributed by atoms with E-state index < -0.39 is 0 Å². The molecule has 0 amide bonds. The summed E-state index contributed by atoms with van der Waals surface area (Å²) in [4.78, 5) is 9.46. The van der Waals surface area contributed by atoms with Crippen LogP contribution in [0.15, 0.2) is 190 Å². The van der Waals surface area contributed by atoms with E-state index in [1.807, 2.05) is 97.2 Å². The Labute approximate surface area is 284 Å². The van der Waals surface area contributed by atoms with Gasteiger partial charge in [0.15, 0.2) is 11.7 Å². The van der Waals surface area contributed by atoms with Crippen LogP contribution in [0, 0.1) is 5.41 Å². The first-order chi connectivity index (χ1) is 24.2. The van der Waals surface area contributed by atoms with Crippen molar-refractivity contribution < 1.29 is 4.42 Å². The highest BCUT2D eigenvalue weighted by Gasteiger charge is 2.15. The van der Waals surface area contributed by atoms with Crippen molar-refractivity contribution >= 4 is 39.8 Å². The first-order valence-electron chi connectivity index (χ1n) is 16.2. The molecule has 0 spiro atoms. The predicted molar refractivity (Wildman–Crippen MR) is 204 cm³/mol. The van der Waals surface area contributed by atoms with E-state index >= 15 is 0 Å². The summed E-state index contributed by atoms with van der Waals surface area (Å²) in [7, 11) is 0. The van der Waals surface area contributed by atoms with E-state index in [4.69, 9.17) is 14.8 Å². The molecule has 8 aromatic rings. The minimum Gasteiger partial charge on any atom is -0.456 e. The van der Waals surface area contributed by atoms with Crippen molar-refractivity contribution in [3.63, 3.8) is 0 Å². The van der Waals surface area contributed by atoms with E-state index in [0.29, 0.717) is 5.84 Å². The Bertz CT molecular complexity index is 2420. The van der Waals surface area contributed by atoms with Crippen LogP contribution in [-0.4, -0.2) is 17.9 Å². The third kappa shape index (κ3) is 6.23. The third-order valence-electron chi connectivity index (χ3n) is 8.61. The van der Waals surface area contributed by atoms with Gasteiger partial charge in [-0.15, -0.1) is 0 Å². The molecule has 0 bridgehead atoms. The second-order valence-corrected chi connectivity index (χ2v) is 11.8. The average molecular weight is 630 g/mol. The molecule has 0 saturated heterocycles. The summed E-state index contributed by atoms with van der Waals surface area (Å²) in [6.07, 6.45) is 1.81. The number of nitrogens with one attached hydrogen (secondary N) is 1. The summed E-state index contributed by atoms with van der Waals surface area (Å²) in [6, 6.07) is 59.5.